The molecule has 27 heavy (non-hydrogen) atoms. The van der Waals surface area contributed by atoms with Crippen LogP contribution in [0.2, 0.25) is 0 Å². The Bertz CT molecular complexity index is 781. The van der Waals surface area contributed by atoms with Gasteiger partial charge in [0.1, 0.15) is 12.2 Å². The van der Waals surface area contributed by atoms with Gasteiger partial charge >= 0.3 is 0 Å². The second kappa shape index (κ2) is 5.97. The molecule has 5 unspecified atom stereocenters. The zero-order valence-corrected chi connectivity index (χ0v) is 16.3. The number of allylic oxidation sites excluding steroid dienone is 3. The average Bonchev–Trinajstić information content (AvgIpc) is 2.92. The lowest BCUT2D eigenvalue weighted by Crippen LogP contribution is -2.61. The molecule has 0 spiro atoms. The van der Waals surface area contributed by atoms with E-state index < -0.39 is 29.4 Å². The van der Waals surface area contributed by atoms with Crippen LogP contribution in [0.25, 0.3) is 0 Å². The molecule has 8 atom stereocenters. The number of nitrogens with zero attached hydrogens (tertiary/aromatic N) is 1. The van der Waals surface area contributed by atoms with Gasteiger partial charge in [-0.1, -0.05) is 37.6 Å². The monoisotopic (exact) mass is 371 g/mol. The van der Waals surface area contributed by atoms with Gasteiger partial charge in [0.15, 0.2) is 5.78 Å². The first kappa shape index (κ1) is 18.8. The molecule has 4 rings (SSSR count). The largest absolute Gasteiger partial charge is 0.388 e. The number of Topliss-reactive ketones (excluding diaryl/α,β-unsaturated/α-hetero) is 1. The molecule has 0 heterocycles. The summed E-state index contributed by atoms with van der Waals surface area (Å²) < 4.78 is 0. The van der Waals surface area contributed by atoms with Crippen molar-refractivity contribution in [3.63, 3.8) is 0 Å². The van der Waals surface area contributed by atoms with Crippen LogP contribution >= 0.6 is 0 Å². The summed E-state index contributed by atoms with van der Waals surface area (Å²) in [6.45, 7) is 5.68. The Hall–Kier alpha value is -1.55. The molecule has 0 aromatic rings. The normalized spacial score (nSPS) is 50.4. The molecular formula is C22H29NO4. The SMILES string of the molecule is C[C@H]1CC2C3CC[C@](O)(C(=O)CO)C3(C)CC(N=O)[C@@H]2C2(C)C=C=CC=C12. The van der Waals surface area contributed by atoms with Crippen molar-refractivity contribution in [2.75, 3.05) is 6.61 Å². The maximum absolute atomic E-state index is 12.5. The molecule has 4 aliphatic carbocycles. The molecular weight excluding hydrogens is 342 g/mol. The van der Waals surface area contributed by atoms with E-state index in [1.165, 1.54) is 5.57 Å². The molecule has 0 aromatic carbocycles. The van der Waals surface area contributed by atoms with Crippen molar-refractivity contribution in [3.8, 4) is 0 Å². The first-order valence-electron chi connectivity index (χ1n) is 10.1. The highest BCUT2D eigenvalue weighted by molar-refractivity contribution is 5.89. The number of carbonyl (C=O) groups excluding carboxylic acids is 1. The standard InChI is InChI=1S/C22H29NO4/c1-13-10-14-16-7-9-22(26,18(25)12-24)21(16,3)11-17(23-27)19(14)20(2)8-5-4-6-15(13)20/h4,6,8,13-14,16-17,19,24,26H,7,9-12H2,1-3H3/t13-,14?,16?,17?,19+,20?,21?,22-/m0/s1. The number of hydrogen-bond acceptors (Lipinski definition) is 5. The molecule has 4 aliphatic rings. The van der Waals surface area contributed by atoms with Crippen LogP contribution in [0.4, 0.5) is 0 Å². The van der Waals surface area contributed by atoms with Gasteiger partial charge in [-0.25, -0.2) is 0 Å². The summed E-state index contributed by atoms with van der Waals surface area (Å²) in [4.78, 5) is 24.4. The molecule has 2 N–H and O–H groups in total. The van der Waals surface area contributed by atoms with Crippen LogP contribution in [0, 0.1) is 39.4 Å². The third-order valence-corrected chi connectivity index (χ3v) is 8.56. The number of nitroso groups, excluding NO2 is 1. The zero-order chi connectivity index (χ0) is 19.6. The van der Waals surface area contributed by atoms with Crippen molar-refractivity contribution in [1.82, 2.24) is 0 Å². The fraction of sp³-hybridized carbons (Fsp3) is 0.727. The van der Waals surface area contributed by atoms with E-state index in [2.05, 4.69) is 36.9 Å². The Morgan fingerprint density at radius 1 is 1.41 bits per heavy atom. The van der Waals surface area contributed by atoms with Gasteiger partial charge in [0.2, 0.25) is 0 Å². The molecule has 0 saturated heterocycles. The predicted octanol–water partition coefficient (Wildman–Crippen LogP) is 3.16. The number of rotatable bonds is 3. The summed E-state index contributed by atoms with van der Waals surface area (Å²) >= 11 is 0. The molecule has 5 nitrogen and oxygen atoms in total. The number of hydrogen-bond donors (Lipinski definition) is 2. The van der Waals surface area contributed by atoms with Gasteiger partial charge in [-0.05, 0) is 55.6 Å². The Labute approximate surface area is 160 Å². The fourth-order valence-corrected chi connectivity index (χ4v) is 7.37. The quantitative estimate of drug-likeness (QED) is 0.589. The van der Waals surface area contributed by atoms with Crippen molar-refractivity contribution < 1.29 is 15.0 Å². The van der Waals surface area contributed by atoms with Gasteiger partial charge in [0.25, 0.3) is 0 Å². The summed E-state index contributed by atoms with van der Waals surface area (Å²) in [5.74, 6) is 0.249. The van der Waals surface area contributed by atoms with Gasteiger partial charge in [0, 0.05) is 16.7 Å². The molecule has 5 heteroatoms. The number of fused-ring (bicyclic) bond motifs is 5. The number of aliphatic hydroxyl groups is 2. The van der Waals surface area contributed by atoms with Crippen molar-refractivity contribution in [2.45, 2.75) is 58.1 Å². The third kappa shape index (κ3) is 2.22. The molecule has 146 valence electrons. The number of ketones is 1. The summed E-state index contributed by atoms with van der Waals surface area (Å²) in [7, 11) is 0. The van der Waals surface area contributed by atoms with Crippen LogP contribution < -0.4 is 0 Å². The molecule has 0 bridgehead atoms. The van der Waals surface area contributed by atoms with Crippen molar-refractivity contribution in [2.24, 2.45) is 39.7 Å². The van der Waals surface area contributed by atoms with E-state index in [9.17, 15) is 19.9 Å². The van der Waals surface area contributed by atoms with E-state index in [0.717, 1.165) is 12.8 Å². The highest BCUT2D eigenvalue weighted by atomic mass is 16.3. The lowest BCUT2D eigenvalue weighted by atomic mass is 9.44. The summed E-state index contributed by atoms with van der Waals surface area (Å²) in [6.07, 6.45) is 8.59. The average molecular weight is 371 g/mol. The van der Waals surface area contributed by atoms with E-state index >= 15 is 0 Å². The Morgan fingerprint density at radius 2 is 2.15 bits per heavy atom. The van der Waals surface area contributed by atoms with Crippen molar-refractivity contribution >= 4 is 5.78 Å². The maximum atomic E-state index is 12.5. The third-order valence-electron chi connectivity index (χ3n) is 8.56. The summed E-state index contributed by atoms with van der Waals surface area (Å²) in [5, 5.41) is 24.3. The highest BCUT2D eigenvalue weighted by Gasteiger charge is 2.68. The van der Waals surface area contributed by atoms with Gasteiger partial charge in [-0.2, -0.15) is 4.91 Å². The summed E-state index contributed by atoms with van der Waals surface area (Å²) in [5.41, 5.74) is 2.01. The van der Waals surface area contributed by atoms with Crippen molar-refractivity contribution in [3.05, 3.63) is 34.4 Å². The molecule has 0 aliphatic heterocycles. The number of carbonyl (C=O) groups is 1. The predicted molar refractivity (Wildman–Crippen MR) is 102 cm³/mol. The first-order chi connectivity index (χ1) is 12.7. The molecule has 0 radical (unpaired) electrons. The van der Waals surface area contributed by atoms with Crippen LogP contribution in [0.15, 0.2) is 34.7 Å². The van der Waals surface area contributed by atoms with E-state index in [4.69, 9.17) is 0 Å². The summed E-state index contributed by atoms with van der Waals surface area (Å²) in [6, 6.07) is -0.468. The zero-order valence-electron chi connectivity index (χ0n) is 16.3. The fourth-order valence-electron chi connectivity index (χ4n) is 7.37. The second-order valence-electron chi connectivity index (χ2n) is 9.59. The van der Waals surface area contributed by atoms with Gasteiger partial charge < -0.3 is 10.2 Å². The highest BCUT2D eigenvalue weighted by Crippen LogP contribution is 2.68. The topological polar surface area (TPSA) is 87.0 Å². The molecule has 0 aromatic heterocycles. The van der Waals surface area contributed by atoms with E-state index in [0.29, 0.717) is 18.8 Å². The van der Waals surface area contributed by atoms with Crippen LogP contribution in [-0.2, 0) is 4.79 Å². The van der Waals surface area contributed by atoms with E-state index in [1.54, 1.807) is 0 Å². The van der Waals surface area contributed by atoms with E-state index in [1.807, 2.05) is 13.0 Å². The smallest absolute Gasteiger partial charge is 0.190 e. The first-order valence-corrected chi connectivity index (χ1v) is 10.1. The van der Waals surface area contributed by atoms with Crippen LogP contribution in [0.3, 0.4) is 0 Å². The molecule has 3 fully saturated rings. The Morgan fingerprint density at radius 3 is 2.81 bits per heavy atom. The maximum Gasteiger partial charge on any atom is 0.190 e. The number of aliphatic hydroxyl groups excluding tert-OH is 1. The van der Waals surface area contributed by atoms with Gasteiger partial charge in [-0.15, -0.1) is 5.73 Å². The Balaban J connectivity index is 1.83. The van der Waals surface area contributed by atoms with Crippen LogP contribution in [0.1, 0.15) is 46.5 Å². The Kier molecular flexibility index (Phi) is 4.16. The minimum absolute atomic E-state index is 0.0586. The van der Waals surface area contributed by atoms with E-state index in [-0.39, 0.29) is 23.2 Å². The lowest BCUT2D eigenvalue weighted by Gasteiger charge is -2.60. The second-order valence-corrected chi connectivity index (χ2v) is 9.59. The molecule has 0 amide bonds. The van der Waals surface area contributed by atoms with Gasteiger partial charge in [0.05, 0.1) is 6.04 Å². The lowest BCUT2D eigenvalue weighted by molar-refractivity contribution is -0.165. The minimum atomic E-state index is -1.57. The van der Waals surface area contributed by atoms with Crippen LogP contribution in [0.5, 0.6) is 0 Å². The van der Waals surface area contributed by atoms with Gasteiger partial charge in [-0.3, -0.25) is 4.79 Å². The van der Waals surface area contributed by atoms with Crippen LogP contribution in [-0.4, -0.2) is 34.2 Å². The van der Waals surface area contributed by atoms with Crippen molar-refractivity contribution in [1.29, 1.82) is 0 Å². The molecule has 3 saturated carbocycles. The minimum Gasteiger partial charge on any atom is -0.388 e.